The van der Waals surface area contributed by atoms with Crippen molar-refractivity contribution in [3.05, 3.63) is 12.7 Å². The van der Waals surface area contributed by atoms with Gasteiger partial charge in [-0.1, -0.05) is 13.0 Å². The third-order valence-corrected chi connectivity index (χ3v) is 3.43. The van der Waals surface area contributed by atoms with Crippen molar-refractivity contribution in [1.29, 1.82) is 0 Å². The van der Waals surface area contributed by atoms with Gasteiger partial charge < -0.3 is 10.2 Å². The Balaban J connectivity index is 2.75. The number of piperidine rings is 1. The Labute approximate surface area is 98.9 Å². The molecule has 16 heavy (non-hydrogen) atoms. The van der Waals surface area contributed by atoms with Gasteiger partial charge in [0.05, 0.1) is 0 Å². The molecule has 1 aliphatic rings. The zero-order valence-corrected chi connectivity index (χ0v) is 10.8. The molecule has 3 heteroatoms. The Hall–Kier alpha value is -0.830. The first-order valence-electron chi connectivity index (χ1n) is 6.14. The zero-order valence-electron chi connectivity index (χ0n) is 10.8. The fourth-order valence-electron chi connectivity index (χ4n) is 2.21. The van der Waals surface area contributed by atoms with Crippen LogP contribution in [0.4, 0.5) is 0 Å². The summed E-state index contributed by atoms with van der Waals surface area (Å²) in [6.07, 6.45) is 3.68. The predicted molar refractivity (Wildman–Crippen MR) is 67.3 cm³/mol. The highest BCUT2D eigenvalue weighted by atomic mass is 16.2. The van der Waals surface area contributed by atoms with Crippen LogP contribution < -0.4 is 5.32 Å². The van der Waals surface area contributed by atoms with Crippen LogP contribution in [-0.4, -0.2) is 36.5 Å². The number of carbonyl (C=O) groups excluding carboxylic acids is 1. The number of carbonyl (C=O) groups is 1. The van der Waals surface area contributed by atoms with E-state index >= 15 is 0 Å². The maximum absolute atomic E-state index is 12.5. The van der Waals surface area contributed by atoms with Crippen LogP contribution in [-0.2, 0) is 4.79 Å². The van der Waals surface area contributed by atoms with Crippen LogP contribution in [0.25, 0.3) is 0 Å². The van der Waals surface area contributed by atoms with Gasteiger partial charge in [-0.05, 0) is 39.8 Å². The zero-order chi connectivity index (χ0) is 12.2. The normalized spacial score (nSPS) is 19.5. The van der Waals surface area contributed by atoms with Crippen molar-refractivity contribution < 1.29 is 4.79 Å². The van der Waals surface area contributed by atoms with Crippen LogP contribution in [0.5, 0.6) is 0 Å². The summed E-state index contributed by atoms with van der Waals surface area (Å²) >= 11 is 0. The molecule has 0 aromatic carbocycles. The summed E-state index contributed by atoms with van der Waals surface area (Å²) in [5.74, 6) is 0.281. The second-order valence-electron chi connectivity index (χ2n) is 5.15. The molecule has 1 fully saturated rings. The van der Waals surface area contributed by atoms with Gasteiger partial charge in [0.1, 0.15) is 0 Å². The standard InChI is InChI=1S/C13H24N2O/c1-5-10-15(11(2)3)12(16)13(4)6-8-14-9-7-13/h5,11,14H,1,6-10H2,2-4H3. The Morgan fingerprint density at radius 2 is 2.06 bits per heavy atom. The predicted octanol–water partition coefficient (Wildman–Crippen LogP) is 1.80. The molecule has 1 N–H and O–H groups in total. The second-order valence-corrected chi connectivity index (χ2v) is 5.15. The van der Waals surface area contributed by atoms with Crippen molar-refractivity contribution >= 4 is 5.91 Å². The summed E-state index contributed by atoms with van der Waals surface area (Å²) in [4.78, 5) is 14.4. The Morgan fingerprint density at radius 1 is 1.50 bits per heavy atom. The van der Waals surface area contributed by atoms with Crippen LogP contribution in [0, 0.1) is 5.41 Å². The molecule has 1 saturated heterocycles. The summed E-state index contributed by atoms with van der Waals surface area (Å²) < 4.78 is 0. The topological polar surface area (TPSA) is 32.3 Å². The van der Waals surface area contributed by atoms with E-state index in [1.165, 1.54) is 0 Å². The highest BCUT2D eigenvalue weighted by Crippen LogP contribution is 2.31. The molecule has 1 aliphatic heterocycles. The van der Waals surface area contributed by atoms with Crippen molar-refractivity contribution in [3.8, 4) is 0 Å². The third kappa shape index (κ3) is 2.85. The molecule has 0 saturated carbocycles. The van der Waals surface area contributed by atoms with Crippen molar-refractivity contribution in [3.63, 3.8) is 0 Å². The summed E-state index contributed by atoms with van der Waals surface area (Å²) in [5.41, 5.74) is -0.182. The van der Waals surface area contributed by atoms with Crippen molar-refractivity contribution in [1.82, 2.24) is 10.2 Å². The van der Waals surface area contributed by atoms with E-state index in [2.05, 4.69) is 32.7 Å². The average molecular weight is 224 g/mol. The molecule has 0 bridgehead atoms. The lowest BCUT2D eigenvalue weighted by Gasteiger charge is -2.38. The van der Waals surface area contributed by atoms with Gasteiger partial charge >= 0.3 is 0 Å². The van der Waals surface area contributed by atoms with Gasteiger partial charge in [-0.3, -0.25) is 4.79 Å². The van der Waals surface area contributed by atoms with E-state index < -0.39 is 0 Å². The van der Waals surface area contributed by atoms with Crippen LogP contribution in [0.1, 0.15) is 33.6 Å². The Bertz CT molecular complexity index is 255. The summed E-state index contributed by atoms with van der Waals surface area (Å²) in [7, 11) is 0. The molecule has 3 nitrogen and oxygen atoms in total. The van der Waals surface area contributed by atoms with Gasteiger partial charge in [0.2, 0.25) is 5.91 Å². The van der Waals surface area contributed by atoms with Gasteiger partial charge in [-0.25, -0.2) is 0 Å². The molecule has 0 aromatic rings. The van der Waals surface area contributed by atoms with E-state index in [4.69, 9.17) is 0 Å². The molecular formula is C13H24N2O. The molecule has 0 spiro atoms. The molecule has 0 aliphatic carbocycles. The summed E-state index contributed by atoms with van der Waals surface area (Å²) in [6.45, 7) is 12.5. The van der Waals surface area contributed by atoms with Crippen molar-refractivity contribution in [2.45, 2.75) is 39.7 Å². The molecular weight excluding hydrogens is 200 g/mol. The quantitative estimate of drug-likeness (QED) is 0.739. The van der Waals surface area contributed by atoms with E-state index in [9.17, 15) is 4.79 Å². The number of nitrogens with zero attached hydrogens (tertiary/aromatic N) is 1. The number of hydrogen-bond acceptors (Lipinski definition) is 2. The summed E-state index contributed by atoms with van der Waals surface area (Å²) in [6, 6.07) is 0.247. The second kappa shape index (κ2) is 5.48. The van der Waals surface area contributed by atoms with Crippen LogP contribution in [0.2, 0.25) is 0 Å². The smallest absolute Gasteiger partial charge is 0.229 e. The first kappa shape index (κ1) is 13.2. The fraction of sp³-hybridized carbons (Fsp3) is 0.769. The van der Waals surface area contributed by atoms with Gasteiger partial charge in [-0.2, -0.15) is 0 Å². The average Bonchev–Trinajstić information content (AvgIpc) is 2.25. The summed E-state index contributed by atoms with van der Waals surface area (Å²) in [5, 5.41) is 3.30. The first-order valence-corrected chi connectivity index (χ1v) is 6.14. The number of rotatable bonds is 4. The van der Waals surface area contributed by atoms with Crippen molar-refractivity contribution in [2.75, 3.05) is 19.6 Å². The highest BCUT2D eigenvalue weighted by Gasteiger charge is 2.37. The van der Waals surface area contributed by atoms with Gasteiger partial charge in [0.25, 0.3) is 0 Å². The first-order chi connectivity index (χ1) is 7.51. The molecule has 92 valence electrons. The maximum Gasteiger partial charge on any atom is 0.229 e. The Morgan fingerprint density at radius 3 is 2.50 bits per heavy atom. The molecule has 1 amide bonds. The molecule has 0 atom stereocenters. The number of nitrogens with one attached hydrogen (secondary N) is 1. The SMILES string of the molecule is C=CCN(C(=O)C1(C)CCNCC1)C(C)C. The van der Waals surface area contributed by atoms with E-state index in [1.54, 1.807) is 0 Å². The van der Waals surface area contributed by atoms with E-state index in [1.807, 2.05) is 11.0 Å². The number of amides is 1. The molecule has 0 radical (unpaired) electrons. The highest BCUT2D eigenvalue weighted by molar-refractivity contribution is 5.83. The minimum atomic E-state index is -0.182. The van der Waals surface area contributed by atoms with E-state index in [0.717, 1.165) is 25.9 Å². The van der Waals surface area contributed by atoms with Gasteiger partial charge in [0.15, 0.2) is 0 Å². The lowest BCUT2D eigenvalue weighted by molar-refractivity contribution is -0.143. The van der Waals surface area contributed by atoms with Crippen molar-refractivity contribution in [2.24, 2.45) is 5.41 Å². The van der Waals surface area contributed by atoms with Crippen LogP contribution >= 0.6 is 0 Å². The molecule has 1 rings (SSSR count). The number of hydrogen-bond donors (Lipinski definition) is 1. The van der Waals surface area contributed by atoms with E-state index in [0.29, 0.717) is 6.54 Å². The largest absolute Gasteiger partial charge is 0.336 e. The van der Waals surface area contributed by atoms with Gasteiger partial charge in [0, 0.05) is 18.0 Å². The maximum atomic E-state index is 12.5. The minimum absolute atomic E-state index is 0.182. The minimum Gasteiger partial charge on any atom is -0.336 e. The molecule has 0 aromatic heterocycles. The molecule has 0 unspecified atom stereocenters. The third-order valence-electron chi connectivity index (χ3n) is 3.43. The monoisotopic (exact) mass is 224 g/mol. The van der Waals surface area contributed by atoms with Gasteiger partial charge in [-0.15, -0.1) is 6.58 Å². The lowest BCUT2D eigenvalue weighted by atomic mass is 9.79. The fourth-order valence-corrected chi connectivity index (χ4v) is 2.21. The van der Waals surface area contributed by atoms with Crippen LogP contribution in [0.3, 0.4) is 0 Å². The Kier molecular flexibility index (Phi) is 4.54. The molecule has 1 heterocycles. The van der Waals surface area contributed by atoms with E-state index in [-0.39, 0.29) is 17.4 Å². The lowest BCUT2D eigenvalue weighted by Crippen LogP contribution is -2.50. The van der Waals surface area contributed by atoms with Crippen LogP contribution in [0.15, 0.2) is 12.7 Å².